The summed E-state index contributed by atoms with van der Waals surface area (Å²) in [5.74, 6) is 0. The highest BCUT2D eigenvalue weighted by atomic mass is 35.5. The molecule has 4 rings (SSSR count). The molecule has 0 aliphatic rings. The van der Waals surface area contributed by atoms with E-state index in [1.807, 2.05) is 30.3 Å². The number of hydrogen-bond acceptors (Lipinski definition) is 5. The van der Waals surface area contributed by atoms with Crippen LogP contribution < -0.4 is 5.32 Å². The Morgan fingerprint density at radius 2 is 1.68 bits per heavy atom. The lowest BCUT2D eigenvalue weighted by Crippen LogP contribution is -2.48. The maximum absolute atomic E-state index is 9.39. The van der Waals surface area contributed by atoms with E-state index >= 15 is 0 Å². The van der Waals surface area contributed by atoms with Crippen molar-refractivity contribution in [1.82, 2.24) is 5.32 Å². The van der Waals surface area contributed by atoms with E-state index in [0.29, 0.717) is 6.54 Å². The zero-order chi connectivity index (χ0) is 16.7. The molecule has 2 heterocycles. The van der Waals surface area contributed by atoms with Crippen molar-refractivity contribution in [2.24, 2.45) is 0 Å². The van der Waals surface area contributed by atoms with Gasteiger partial charge in [0.2, 0.25) is 0 Å². The molecule has 0 atom stereocenters. The van der Waals surface area contributed by atoms with Gasteiger partial charge < -0.3 is 24.4 Å². The Kier molecular flexibility index (Phi) is 4.75. The number of aliphatic hydroxyl groups excluding tert-OH is 2. The number of rotatable bonds is 5. The summed E-state index contributed by atoms with van der Waals surface area (Å²) in [4.78, 5) is 0. The summed E-state index contributed by atoms with van der Waals surface area (Å²) in [5.41, 5.74) is 2.85. The minimum Gasteiger partial charge on any atom is -0.464 e. The van der Waals surface area contributed by atoms with E-state index in [0.717, 1.165) is 38.5 Å². The fraction of sp³-hybridized carbons (Fsp3) is 0.263. The van der Waals surface area contributed by atoms with Gasteiger partial charge in [0, 0.05) is 22.7 Å². The van der Waals surface area contributed by atoms with Crippen LogP contribution in [-0.4, -0.2) is 29.0 Å². The molecule has 0 aliphatic carbocycles. The van der Waals surface area contributed by atoms with Crippen LogP contribution in [0.5, 0.6) is 0 Å². The topological polar surface area (TPSA) is 78.8 Å². The number of hydrogen-bond donors (Lipinski definition) is 3. The molecule has 0 saturated heterocycles. The average molecular weight is 362 g/mol. The maximum Gasteiger partial charge on any atom is 0.136 e. The van der Waals surface area contributed by atoms with Crippen molar-refractivity contribution in [3.05, 3.63) is 48.2 Å². The van der Waals surface area contributed by atoms with Gasteiger partial charge in [-0.05, 0) is 42.8 Å². The number of furan rings is 2. The zero-order valence-corrected chi connectivity index (χ0v) is 14.6. The fourth-order valence-electron chi connectivity index (χ4n) is 2.95. The molecule has 0 unspecified atom stereocenters. The Morgan fingerprint density at radius 3 is 2.44 bits per heavy atom. The van der Waals surface area contributed by atoms with Gasteiger partial charge >= 0.3 is 0 Å². The third-order valence-corrected chi connectivity index (χ3v) is 4.55. The van der Waals surface area contributed by atoms with Crippen molar-refractivity contribution in [3.63, 3.8) is 0 Å². The van der Waals surface area contributed by atoms with Crippen LogP contribution in [0.2, 0.25) is 0 Å². The van der Waals surface area contributed by atoms with Crippen LogP contribution in [0.3, 0.4) is 0 Å². The Hall–Kier alpha value is -2.05. The average Bonchev–Trinajstić information content (AvgIpc) is 3.22. The van der Waals surface area contributed by atoms with E-state index in [1.165, 1.54) is 0 Å². The van der Waals surface area contributed by atoms with Crippen LogP contribution in [0.1, 0.15) is 12.5 Å². The summed E-state index contributed by atoms with van der Waals surface area (Å²) in [6.07, 6.45) is 1.68. The molecule has 5 nitrogen and oxygen atoms in total. The normalized spacial score (nSPS) is 12.1. The van der Waals surface area contributed by atoms with Crippen molar-refractivity contribution in [2.45, 2.75) is 19.0 Å². The highest BCUT2D eigenvalue weighted by molar-refractivity contribution is 6.17. The SMILES string of the molecule is CC(CO)(CO)NCc1ccc2oc3ccc4occc4c3c2c1.Cl. The van der Waals surface area contributed by atoms with E-state index in [1.54, 1.807) is 13.2 Å². The lowest BCUT2D eigenvalue weighted by molar-refractivity contribution is 0.103. The monoisotopic (exact) mass is 361 g/mol. The largest absolute Gasteiger partial charge is 0.464 e. The highest BCUT2D eigenvalue weighted by Gasteiger charge is 2.21. The molecule has 25 heavy (non-hydrogen) atoms. The van der Waals surface area contributed by atoms with Crippen LogP contribution in [0.15, 0.2) is 51.5 Å². The van der Waals surface area contributed by atoms with Gasteiger partial charge in [0.25, 0.3) is 0 Å². The second kappa shape index (κ2) is 6.69. The summed E-state index contributed by atoms with van der Waals surface area (Å²) in [7, 11) is 0. The molecule has 0 bridgehead atoms. The van der Waals surface area contributed by atoms with Gasteiger partial charge in [0.15, 0.2) is 0 Å². The third kappa shape index (κ3) is 3.00. The minimum absolute atomic E-state index is 0. The van der Waals surface area contributed by atoms with Crippen molar-refractivity contribution < 1.29 is 19.0 Å². The van der Waals surface area contributed by atoms with E-state index in [2.05, 4.69) is 11.4 Å². The van der Waals surface area contributed by atoms with Gasteiger partial charge in [0.05, 0.1) is 25.0 Å². The van der Waals surface area contributed by atoms with Crippen LogP contribution >= 0.6 is 12.4 Å². The molecular formula is C19H20ClNO4. The molecule has 0 amide bonds. The molecule has 2 aromatic carbocycles. The van der Waals surface area contributed by atoms with E-state index in [4.69, 9.17) is 8.83 Å². The van der Waals surface area contributed by atoms with Gasteiger partial charge in [-0.2, -0.15) is 0 Å². The molecule has 3 N–H and O–H groups in total. The highest BCUT2D eigenvalue weighted by Crippen LogP contribution is 2.35. The predicted octanol–water partition coefficient (Wildman–Crippen LogP) is 3.59. The lowest BCUT2D eigenvalue weighted by atomic mass is 10.0. The van der Waals surface area contributed by atoms with E-state index in [-0.39, 0.29) is 25.6 Å². The van der Waals surface area contributed by atoms with E-state index in [9.17, 15) is 10.2 Å². The first-order valence-corrected chi connectivity index (χ1v) is 7.92. The fourth-order valence-corrected chi connectivity index (χ4v) is 2.95. The summed E-state index contributed by atoms with van der Waals surface area (Å²) >= 11 is 0. The number of halogens is 1. The molecule has 2 aromatic heterocycles. The minimum atomic E-state index is -0.703. The first-order chi connectivity index (χ1) is 11.6. The second-order valence-electron chi connectivity index (χ2n) is 6.43. The summed E-state index contributed by atoms with van der Waals surface area (Å²) < 4.78 is 11.4. The van der Waals surface area contributed by atoms with Gasteiger partial charge in [-0.15, -0.1) is 12.4 Å². The molecule has 0 spiro atoms. The summed E-state index contributed by atoms with van der Waals surface area (Å²) in [6.45, 7) is 2.07. The molecule has 0 fully saturated rings. The van der Waals surface area contributed by atoms with Crippen molar-refractivity contribution in [2.75, 3.05) is 13.2 Å². The second-order valence-corrected chi connectivity index (χ2v) is 6.43. The smallest absolute Gasteiger partial charge is 0.136 e. The lowest BCUT2D eigenvalue weighted by Gasteiger charge is -2.26. The first kappa shape index (κ1) is 17.8. The van der Waals surface area contributed by atoms with Crippen molar-refractivity contribution >= 4 is 45.3 Å². The molecule has 132 valence electrons. The van der Waals surface area contributed by atoms with Crippen LogP contribution in [0, 0.1) is 0 Å². The van der Waals surface area contributed by atoms with Crippen molar-refractivity contribution in [1.29, 1.82) is 0 Å². The van der Waals surface area contributed by atoms with Gasteiger partial charge in [-0.25, -0.2) is 0 Å². The molecule has 4 aromatic rings. The van der Waals surface area contributed by atoms with Gasteiger partial charge in [0.1, 0.15) is 16.7 Å². The van der Waals surface area contributed by atoms with Gasteiger partial charge in [-0.1, -0.05) is 6.07 Å². The molecule has 0 saturated carbocycles. The Balaban J connectivity index is 0.00000182. The standard InChI is InChI=1S/C19H19NO4.ClH/c1-19(10-21,11-22)20-9-12-2-3-16-14(8-12)18-13-6-7-23-15(13)4-5-17(18)24-16;/h2-8,20-22H,9-11H2,1H3;1H. The van der Waals surface area contributed by atoms with Crippen LogP contribution in [0.4, 0.5) is 0 Å². The zero-order valence-electron chi connectivity index (χ0n) is 13.8. The molecule has 6 heteroatoms. The van der Waals surface area contributed by atoms with E-state index < -0.39 is 5.54 Å². The Morgan fingerprint density at radius 1 is 0.960 bits per heavy atom. The van der Waals surface area contributed by atoms with Crippen molar-refractivity contribution in [3.8, 4) is 0 Å². The van der Waals surface area contributed by atoms with Crippen LogP contribution in [0.25, 0.3) is 32.9 Å². The summed E-state index contributed by atoms with van der Waals surface area (Å²) in [6, 6.07) is 11.8. The number of aliphatic hydroxyl groups is 2. The predicted molar refractivity (Wildman–Crippen MR) is 100 cm³/mol. The number of benzene rings is 2. The Labute approximate surface area is 150 Å². The third-order valence-electron chi connectivity index (χ3n) is 4.55. The maximum atomic E-state index is 9.39. The Bertz CT molecular complexity index is 1020. The van der Waals surface area contributed by atoms with Gasteiger partial charge in [-0.3, -0.25) is 0 Å². The molecular weight excluding hydrogens is 342 g/mol. The quantitative estimate of drug-likeness (QED) is 0.506. The first-order valence-electron chi connectivity index (χ1n) is 7.92. The molecule has 0 aliphatic heterocycles. The summed E-state index contributed by atoms with van der Waals surface area (Å²) in [5, 5.41) is 25.1. The van der Waals surface area contributed by atoms with Crippen LogP contribution in [-0.2, 0) is 6.54 Å². The number of nitrogens with one attached hydrogen (secondary N) is 1. The number of fused-ring (bicyclic) bond motifs is 5. The molecule has 0 radical (unpaired) electrons.